The fourth-order valence-corrected chi connectivity index (χ4v) is 2.71. The molecule has 0 spiro atoms. The first-order chi connectivity index (χ1) is 9.72. The van der Waals surface area contributed by atoms with Gasteiger partial charge >= 0.3 is 0 Å². The third kappa shape index (κ3) is 2.88. The Bertz CT molecular complexity index is 504. The van der Waals surface area contributed by atoms with Gasteiger partial charge in [0, 0.05) is 12.6 Å². The molecular weight excluding hydrogens is 256 g/mol. The van der Waals surface area contributed by atoms with Gasteiger partial charge in [0.05, 0.1) is 6.04 Å². The highest BCUT2D eigenvalue weighted by molar-refractivity contribution is 5.81. The molecule has 5 heteroatoms. The molecule has 1 amide bonds. The van der Waals surface area contributed by atoms with Crippen molar-refractivity contribution in [3.63, 3.8) is 0 Å². The largest absolute Gasteiger partial charge is 0.454 e. The van der Waals surface area contributed by atoms with Crippen LogP contribution in [0.4, 0.5) is 0 Å². The van der Waals surface area contributed by atoms with Crippen LogP contribution >= 0.6 is 0 Å². The second kappa shape index (κ2) is 5.71. The molecule has 1 aromatic rings. The molecule has 0 radical (unpaired) electrons. The van der Waals surface area contributed by atoms with E-state index in [1.54, 1.807) is 0 Å². The van der Waals surface area contributed by atoms with Crippen molar-refractivity contribution in [1.29, 1.82) is 0 Å². The van der Waals surface area contributed by atoms with E-state index in [1.807, 2.05) is 18.2 Å². The van der Waals surface area contributed by atoms with E-state index in [1.165, 1.54) is 0 Å². The van der Waals surface area contributed by atoms with Crippen LogP contribution in [-0.4, -0.2) is 24.8 Å². The molecule has 1 fully saturated rings. The van der Waals surface area contributed by atoms with Gasteiger partial charge in [0.1, 0.15) is 0 Å². The lowest BCUT2D eigenvalue weighted by molar-refractivity contribution is -0.124. The summed E-state index contributed by atoms with van der Waals surface area (Å²) in [6.07, 6.45) is 3.17. The highest BCUT2D eigenvalue weighted by Crippen LogP contribution is 2.32. The van der Waals surface area contributed by atoms with E-state index in [2.05, 4.69) is 17.6 Å². The maximum absolute atomic E-state index is 12.1. The molecule has 2 aliphatic rings. The number of hydrogen-bond acceptors (Lipinski definition) is 4. The third-order valence-electron chi connectivity index (χ3n) is 3.84. The van der Waals surface area contributed by atoms with Gasteiger partial charge in [-0.3, -0.25) is 4.79 Å². The number of rotatable bonds is 3. The minimum absolute atomic E-state index is 0.0623. The molecule has 1 saturated heterocycles. The standard InChI is InChI=1S/C15H20N2O3/c1-10-3-2-4-12(17-10)15(18)16-8-11-5-6-13-14(7-11)20-9-19-13/h5-7,10,12,17H,2-4,8-9H2,1H3,(H,16,18). The van der Waals surface area contributed by atoms with E-state index in [-0.39, 0.29) is 18.7 Å². The van der Waals surface area contributed by atoms with Crippen molar-refractivity contribution in [3.05, 3.63) is 23.8 Å². The Hall–Kier alpha value is -1.75. The molecule has 0 saturated carbocycles. The quantitative estimate of drug-likeness (QED) is 0.879. The molecule has 2 N–H and O–H groups in total. The molecule has 1 aromatic carbocycles. The number of benzene rings is 1. The summed E-state index contributed by atoms with van der Waals surface area (Å²) in [6, 6.07) is 6.10. The summed E-state index contributed by atoms with van der Waals surface area (Å²) in [5.41, 5.74) is 1.02. The Balaban J connectivity index is 1.55. The molecule has 2 heterocycles. The van der Waals surface area contributed by atoms with E-state index >= 15 is 0 Å². The lowest BCUT2D eigenvalue weighted by Crippen LogP contribution is -2.49. The lowest BCUT2D eigenvalue weighted by Gasteiger charge is -2.27. The highest BCUT2D eigenvalue weighted by Gasteiger charge is 2.23. The number of amides is 1. The van der Waals surface area contributed by atoms with Gasteiger partial charge in [0.25, 0.3) is 0 Å². The predicted molar refractivity (Wildman–Crippen MR) is 74.6 cm³/mol. The third-order valence-corrected chi connectivity index (χ3v) is 3.84. The van der Waals surface area contributed by atoms with Crippen LogP contribution in [0.3, 0.4) is 0 Å². The number of carbonyl (C=O) groups excluding carboxylic acids is 1. The van der Waals surface area contributed by atoms with E-state index in [0.29, 0.717) is 12.6 Å². The average Bonchev–Trinajstić information content (AvgIpc) is 2.92. The summed E-state index contributed by atoms with van der Waals surface area (Å²) < 4.78 is 10.6. The maximum atomic E-state index is 12.1. The Kier molecular flexibility index (Phi) is 3.78. The fraction of sp³-hybridized carbons (Fsp3) is 0.533. The van der Waals surface area contributed by atoms with Crippen molar-refractivity contribution in [2.75, 3.05) is 6.79 Å². The molecule has 0 bridgehead atoms. The molecule has 0 aliphatic carbocycles. The first kappa shape index (κ1) is 13.2. The monoisotopic (exact) mass is 276 g/mol. The summed E-state index contributed by atoms with van der Waals surface area (Å²) in [4.78, 5) is 12.1. The minimum Gasteiger partial charge on any atom is -0.454 e. The van der Waals surface area contributed by atoms with Gasteiger partial charge in [0.15, 0.2) is 11.5 Å². The molecular formula is C15H20N2O3. The average molecular weight is 276 g/mol. The van der Waals surface area contributed by atoms with Crippen LogP contribution < -0.4 is 20.1 Å². The Morgan fingerprint density at radius 1 is 1.35 bits per heavy atom. The summed E-state index contributed by atoms with van der Waals surface area (Å²) in [7, 11) is 0. The van der Waals surface area contributed by atoms with Crippen LogP contribution in [0, 0.1) is 0 Å². The normalized spacial score (nSPS) is 24.4. The Morgan fingerprint density at radius 2 is 2.20 bits per heavy atom. The van der Waals surface area contributed by atoms with Crippen molar-refractivity contribution in [2.24, 2.45) is 0 Å². The number of nitrogens with one attached hydrogen (secondary N) is 2. The van der Waals surface area contributed by atoms with Crippen LogP contribution in [0.5, 0.6) is 11.5 Å². The second-order valence-corrected chi connectivity index (χ2v) is 5.46. The van der Waals surface area contributed by atoms with Crippen molar-refractivity contribution in [3.8, 4) is 11.5 Å². The van der Waals surface area contributed by atoms with E-state index in [9.17, 15) is 4.79 Å². The summed E-state index contributed by atoms with van der Waals surface area (Å²) >= 11 is 0. The lowest BCUT2D eigenvalue weighted by atomic mass is 9.99. The Morgan fingerprint density at radius 3 is 3.05 bits per heavy atom. The topological polar surface area (TPSA) is 59.6 Å². The first-order valence-corrected chi connectivity index (χ1v) is 7.14. The van der Waals surface area contributed by atoms with Crippen LogP contribution in [0.15, 0.2) is 18.2 Å². The van der Waals surface area contributed by atoms with Crippen molar-refractivity contribution in [1.82, 2.24) is 10.6 Å². The zero-order valence-electron chi connectivity index (χ0n) is 11.6. The highest BCUT2D eigenvalue weighted by atomic mass is 16.7. The van der Waals surface area contributed by atoms with Gasteiger partial charge in [-0.1, -0.05) is 6.07 Å². The molecule has 2 aliphatic heterocycles. The van der Waals surface area contributed by atoms with Crippen LogP contribution in [-0.2, 0) is 11.3 Å². The van der Waals surface area contributed by atoms with Crippen LogP contribution in [0.2, 0.25) is 0 Å². The van der Waals surface area contributed by atoms with Crippen molar-refractivity contribution in [2.45, 2.75) is 44.8 Å². The zero-order chi connectivity index (χ0) is 13.9. The number of carbonyl (C=O) groups is 1. The van der Waals surface area contributed by atoms with Crippen molar-refractivity contribution < 1.29 is 14.3 Å². The molecule has 20 heavy (non-hydrogen) atoms. The molecule has 5 nitrogen and oxygen atoms in total. The summed E-state index contributed by atoms with van der Waals surface area (Å²) in [6.45, 7) is 2.91. The van der Waals surface area contributed by atoms with E-state index < -0.39 is 0 Å². The maximum Gasteiger partial charge on any atom is 0.237 e. The van der Waals surface area contributed by atoms with Gasteiger partial charge in [-0.25, -0.2) is 0 Å². The first-order valence-electron chi connectivity index (χ1n) is 7.14. The molecule has 2 atom stereocenters. The fourth-order valence-electron chi connectivity index (χ4n) is 2.71. The zero-order valence-corrected chi connectivity index (χ0v) is 11.6. The number of ether oxygens (including phenoxy) is 2. The number of hydrogen-bond donors (Lipinski definition) is 2. The molecule has 2 unspecified atom stereocenters. The number of fused-ring (bicyclic) bond motifs is 1. The summed E-state index contributed by atoms with van der Waals surface area (Å²) in [5.74, 6) is 1.60. The second-order valence-electron chi connectivity index (χ2n) is 5.46. The smallest absolute Gasteiger partial charge is 0.237 e. The summed E-state index contributed by atoms with van der Waals surface area (Å²) in [5, 5.41) is 6.32. The van der Waals surface area contributed by atoms with Gasteiger partial charge in [-0.2, -0.15) is 0 Å². The van der Waals surface area contributed by atoms with Gasteiger partial charge in [-0.15, -0.1) is 0 Å². The molecule has 0 aromatic heterocycles. The molecule has 3 rings (SSSR count). The van der Waals surface area contributed by atoms with Gasteiger partial charge < -0.3 is 20.1 Å². The minimum atomic E-state index is -0.0623. The Labute approximate surface area is 118 Å². The van der Waals surface area contributed by atoms with Gasteiger partial charge in [-0.05, 0) is 43.9 Å². The van der Waals surface area contributed by atoms with Gasteiger partial charge in [0.2, 0.25) is 12.7 Å². The van der Waals surface area contributed by atoms with Crippen molar-refractivity contribution >= 4 is 5.91 Å². The number of piperidine rings is 1. The predicted octanol–water partition coefficient (Wildman–Crippen LogP) is 1.56. The van der Waals surface area contributed by atoms with E-state index in [0.717, 1.165) is 36.3 Å². The molecule has 108 valence electrons. The van der Waals surface area contributed by atoms with E-state index in [4.69, 9.17) is 9.47 Å². The van der Waals surface area contributed by atoms with Crippen LogP contribution in [0.25, 0.3) is 0 Å². The van der Waals surface area contributed by atoms with Crippen LogP contribution in [0.1, 0.15) is 31.7 Å². The SMILES string of the molecule is CC1CCCC(C(=O)NCc2ccc3c(c2)OCO3)N1.